The zero-order chi connectivity index (χ0) is 17.4. The summed E-state index contributed by atoms with van der Waals surface area (Å²) in [5.41, 5.74) is 0.523. The van der Waals surface area contributed by atoms with E-state index in [-0.39, 0.29) is 31.2 Å². The van der Waals surface area contributed by atoms with Gasteiger partial charge in [0, 0.05) is 17.8 Å². The van der Waals surface area contributed by atoms with Crippen LogP contribution in [0.15, 0.2) is 18.2 Å². The second-order valence-electron chi connectivity index (χ2n) is 6.49. The Hall–Kier alpha value is -2.77. The van der Waals surface area contributed by atoms with Gasteiger partial charge in [0.25, 0.3) is 0 Å². The average molecular weight is 345 g/mol. The van der Waals surface area contributed by atoms with Crippen molar-refractivity contribution in [2.24, 2.45) is 5.92 Å². The Balaban J connectivity index is 1.41. The van der Waals surface area contributed by atoms with Crippen LogP contribution in [0.3, 0.4) is 0 Å². The standard InChI is InChI=1S/C17H19N3O5/c21-15(18-10-5-6-13-14(7-10)25-9-24-13)8-20-16(22)11-3-1-2-4-12(11)19-17(20)23/h5-7,11-12H,1-4,8-9H2,(H,18,21)(H,19,23). The Morgan fingerprint density at radius 1 is 1.20 bits per heavy atom. The summed E-state index contributed by atoms with van der Waals surface area (Å²) in [7, 11) is 0. The number of ether oxygens (including phenoxy) is 2. The van der Waals surface area contributed by atoms with Crippen LogP contribution in [-0.4, -0.2) is 42.1 Å². The molecule has 132 valence electrons. The van der Waals surface area contributed by atoms with E-state index in [1.54, 1.807) is 18.2 Å². The number of hydrogen-bond acceptors (Lipinski definition) is 5. The predicted octanol–water partition coefficient (Wildman–Crippen LogP) is 1.46. The minimum Gasteiger partial charge on any atom is -0.454 e. The van der Waals surface area contributed by atoms with Crippen LogP contribution in [0.5, 0.6) is 11.5 Å². The molecule has 4 amide bonds. The first kappa shape index (κ1) is 15.7. The summed E-state index contributed by atoms with van der Waals surface area (Å²) in [5, 5.41) is 5.54. The largest absolute Gasteiger partial charge is 0.454 e. The van der Waals surface area contributed by atoms with Crippen molar-refractivity contribution in [3.8, 4) is 11.5 Å². The summed E-state index contributed by atoms with van der Waals surface area (Å²) in [6, 6.07) is 4.44. The Morgan fingerprint density at radius 3 is 2.88 bits per heavy atom. The molecule has 2 N–H and O–H groups in total. The fourth-order valence-corrected chi connectivity index (χ4v) is 3.60. The molecule has 25 heavy (non-hydrogen) atoms. The molecule has 1 aliphatic carbocycles. The molecular formula is C17H19N3O5. The molecule has 1 saturated heterocycles. The number of benzene rings is 1. The quantitative estimate of drug-likeness (QED) is 0.864. The number of carbonyl (C=O) groups excluding carboxylic acids is 3. The Labute approximate surface area is 144 Å². The second kappa shape index (κ2) is 6.27. The molecule has 4 rings (SSSR count). The molecule has 2 atom stereocenters. The van der Waals surface area contributed by atoms with Crippen LogP contribution in [0.25, 0.3) is 0 Å². The first-order valence-corrected chi connectivity index (χ1v) is 8.43. The van der Waals surface area contributed by atoms with Gasteiger partial charge in [-0.2, -0.15) is 0 Å². The summed E-state index contributed by atoms with van der Waals surface area (Å²) >= 11 is 0. The highest BCUT2D eigenvalue weighted by atomic mass is 16.7. The molecule has 0 radical (unpaired) electrons. The molecule has 8 heteroatoms. The van der Waals surface area contributed by atoms with Crippen LogP contribution in [0.4, 0.5) is 10.5 Å². The average Bonchev–Trinajstić information content (AvgIpc) is 3.06. The SMILES string of the molecule is O=C(CN1C(=O)NC2CCCCC2C1=O)Nc1ccc2c(c1)OCO2. The van der Waals surface area contributed by atoms with Gasteiger partial charge in [-0.3, -0.25) is 14.5 Å². The van der Waals surface area contributed by atoms with Crippen molar-refractivity contribution in [3.05, 3.63) is 18.2 Å². The van der Waals surface area contributed by atoms with Gasteiger partial charge in [-0.15, -0.1) is 0 Å². The molecule has 0 spiro atoms. The van der Waals surface area contributed by atoms with Gasteiger partial charge in [-0.1, -0.05) is 12.8 Å². The van der Waals surface area contributed by atoms with Gasteiger partial charge >= 0.3 is 6.03 Å². The van der Waals surface area contributed by atoms with Crippen molar-refractivity contribution in [2.75, 3.05) is 18.7 Å². The fraction of sp³-hybridized carbons (Fsp3) is 0.471. The molecule has 0 aromatic heterocycles. The van der Waals surface area contributed by atoms with E-state index in [1.165, 1.54) is 0 Å². The number of hydrogen-bond donors (Lipinski definition) is 2. The van der Waals surface area contributed by atoms with E-state index in [0.29, 0.717) is 17.2 Å². The van der Waals surface area contributed by atoms with Crippen LogP contribution in [0, 0.1) is 5.92 Å². The summed E-state index contributed by atoms with van der Waals surface area (Å²) in [5.74, 6) is 0.261. The predicted molar refractivity (Wildman–Crippen MR) is 87.2 cm³/mol. The van der Waals surface area contributed by atoms with Crippen molar-refractivity contribution in [2.45, 2.75) is 31.7 Å². The monoisotopic (exact) mass is 345 g/mol. The number of carbonyl (C=O) groups is 3. The molecule has 3 aliphatic rings. The molecule has 0 bridgehead atoms. The lowest BCUT2D eigenvalue weighted by molar-refractivity contribution is -0.138. The molecule has 2 fully saturated rings. The molecule has 1 aromatic carbocycles. The number of fused-ring (bicyclic) bond motifs is 2. The van der Waals surface area contributed by atoms with Gasteiger partial charge in [0.2, 0.25) is 18.6 Å². The Bertz CT molecular complexity index is 735. The van der Waals surface area contributed by atoms with Crippen LogP contribution < -0.4 is 20.1 Å². The zero-order valence-electron chi connectivity index (χ0n) is 13.6. The first-order chi connectivity index (χ1) is 12.1. The number of amides is 4. The van der Waals surface area contributed by atoms with Crippen molar-refractivity contribution in [1.29, 1.82) is 0 Å². The third-order valence-corrected chi connectivity index (χ3v) is 4.86. The molecule has 2 unspecified atom stereocenters. The minimum atomic E-state index is -0.492. The fourth-order valence-electron chi connectivity index (χ4n) is 3.60. The Morgan fingerprint density at radius 2 is 2.00 bits per heavy atom. The molecule has 8 nitrogen and oxygen atoms in total. The maximum absolute atomic E-state index is 12.6. The molecule has 2 heterocycles. The number of urea groups is 1. The van der Waals surface area contributed by atoms with E-state index >= 15 is 0 Å². The number of anilines is 1. The molecule has 1 saturated carbocycles. The van der Waals surface area contributed by atoms with Crippen LogP contribution >= 0.6 is 0 Å². The molecule has 2 aliphatic heterocycles. The van der Waals surface area contributed by atoms with Gasteiger partial charge in [0.1, 0.15) is 6.54 Å². The Kier molecular flexibility index (Phi) is 3.95. The van der Waals surface area contributed by atoms with Crippen LogP contribution in [0.2, 0.25) is 0 Å². The van der Waals surface area contributed by atoms with Gasteiger partial charge in [-0.05, 0) is 25.0 Å². The van der Waals surface area contributed by atoms with Gasteiger partial charge in [-0.25, -0.2) is 4.79 Å². The summed E-state index contributed by atoms with van der Waals surface area (Å²) in [6.07, 6.45) is 3.56. The molecular weight excluding hydrogens is 326 g/mol. The lowest BCUT2D eigenvalue weighted by atomic mass is 9.82. The van der Waals surface area contributed by atoms with Gasteiger partial charge in [0.05, 0.1) is 5.92 Å². The number of nitrogens with zero attached hydrogens (tertiary/aromatic N) is 1. The minimum absolute atomic E-state index is 0.0954. The summed E-state index contributed by atoms with van der Waals surface area (Å²) in [4.78, 5) is 38.0. The van der Waals surface area contributed by atoms with Gasteiger partial charge < -0.3 is 20.1 Å². The van der Waals surface area contributed by atoms with E-state index in [1.807, 2.05) is 0 Å². The van der Waals surface area contributed by atoms with Crippen molar-refractivity contribution in [3.63, 3.8) is 0 Å². The highest BCUT2D eigenvalue weighted by Crippen LogP contribution is 2.34. The zero-order valence-corrected chi connectivity index (χ0v) is 13.6. The number of imide groups is 1. The lowest BCUT2D eigenvalue weighted by Gasteiger charge is -2.39. The summed E-state index contributed by atoms with van der Waals surface area (Å²) < 4.78 is 10.5. The number of nitrogens with one attached hydrogen (secondary N) is 2. The van der Waals surface area contributed by atoms with Crippen molar-refractivity contribution >= 4 is 23.5 Å². The number of rotatable bonds is 3. The second-order valence-corrected chi connectivity index (χ2v) is 6.49. The van der Waals surface area contributed by atoms with E-state index in [0.717, 1.165) is 30.6 Å². The normalized spacial score (nSPS) is 24.6. The highest BCUT2D eigenvalue weighted by molar-refractivity contribution is 6.04. The lowest BCUT2D eigenvalue weighted by Crippen LogP contribution is -2.61. The third-order valence-electron chi connectivity index (χ3n) is 4.86. The van der Waals surface area contributed by atoms with E-state index in [9.17, 15) is 14.4 Å². The van der Waals surface area contributed by atoms with Gasteiger partial charge in [0.15, 0.2) is 11.5 Å². The maximum atomic E-state index is 12.6. The van der Waals surface area contributed by atoms with E-state index in [4.69, 9.17) is 9.47 Å². The third kappa shape index (κ3) is 2.99. The summed E-state index contributed by atoms with van der Waals surface area (Å²) in [6.45, 7) is -0.153. The topological polar surface area (TPSA) is 97.0 Å². The van der Waals surface area contributed by atoms with E-state index in [2.05, 4.69) is 10.6 Å². The van der Waals surface area contributed by atoms with Crippen molar-refractivity contribution < 1.29 is 23.9 Å². The van der Waals surface area contributed by atoms with Crippen molar-refractivity contribution in [1.82, 2.24) is 10.2 Å². The van der Waals surface area contributed by atoms with Crippen LogP contribution in [-0.2, 0) is 9.59 Å². The maximum Gasteiger partial charge on any atom is 0.324 e. The molecule has 1 aromatic rings. The van der Waals surface area contributed by atoms with Crippen LogP contribution in [0.1, 0.15) is 25.7 Å². The smallest absolute Gasteiger partial charge is 0.324 e. The van der Waals surface area contributed by atoms with E-state index < -0.39 is 11.9 Å². The first-order valence-electron chi connectivity index (χ1n) is 8.43. The highest BCUT2D eigenvalue weighted by Gasteiger charge is 2.42.